The third-order valence-corrected chi connectivity index (χ3v) is 4.88. The van der Waals surface area contributed by atoms with Crippen molar-refractivity contribution in [3.63, 3.8) is 0 Å². The molecule has 0 spiro atoms. The summed E-state index contributed by atoms with van der Waals surface area (Å²) < 4.78 is 0. The smallest absolute Gasteiger partial charge is 0.257 e. The van der Waals surface area contributed by atoms with Gasteiger partial charge in [0.2, 0.25) is 0 Å². The molecule has 3 nitrogen and oxygen atoms in total. The fourth-order valence-electron chi connectivity index (χ4n) is 2.65. The lowest BCUT2D eigenvalue weighted by Gasteiger charge is -2.07. The molecule has 0 radical (unpaired) electrons. The summed E-state index contributed by atoms with van der Waals surface area (Å²) in [6.45, 7) is 8.28. The van der Waals surface area contributed by atoms with E-state index in [1.807, 2.05) is 36.6 Å². The first kappa shape index (κ1) is 16.4. The van der Waals surface area contributed by atoms with Crippen molar-refractivity contribution in [2.75, 3.05) is 5.32 Å². The molecule has 24 heavy (non-hydrogen) atoms. The second-order valence-electron chi connectivity index (χ2n) is 6.11. The number of carbonyl (C=O) groups excluding carboxylic acids is 1. The summed E-state index contributed by atoms with van der Waals surface area (Å²) in [5.41, 5.74) is 7.45. The molecule has 0 aliphatic rings. The molecule has 3 aromatic rings. The highest BCUT2D eigenvalue weighted by Gasteiger charge is 2.12. The molecule has 2 aromatic carbocycles. The van der Waals surface area contributed by atoms with Crippen LogP contribution < -0.4 is 5.32 Å². The standard InChI is InChI=1S/C20H20N2OS/c1-12-6-5-7-16(8-12)19(23)22-20-21-18(11-24-20)17-10-14(3)13(2)9-15(17)4/h5-11H,1-4H3,(H,21,22,23). The molecule has 122 valence electrons. The van der Waals surface area contributed by atoms with Crippen LogP contribution in [0.4, 0.5) is 5.13 Å². The van der Waals surface area contributed by atoms with Gasteiger partial charge in [0.05, 0.1) is 5.69 Å². The second kappa shape index (κ2) is 6.57. The fraction of sp³-hybridized carbons (Fsp3) is 0.200. The Morgan fingerprint density at radius 1 is 1.00 bits per heavy atom. The number of nitrogens with one attached hydrogen (secondary N) is 1. The van der Waals surface area contributed by atoms with Gasteiger partial charge in [0.25, 0.3) is 5.91 Å². The number of amides is 1. The molecule has 3 rings (SSSR count). The molecule has 0 aliphatic heterocycles. The van der Waals surface area contributed by atoms with Crippen molar-refractivity contribution >= 4 is 22.4 Å². The Hall–Kier alpha value is -2.46. The molecule has 0 aliphatic carbocycles. The van der Waals surface area contributed by atoms with E-state index in [1.54, 1.807) is 0 Å². The zero-order chi connectivity index (χ0) is 17.3. The van der Waals surface area contributed by atoms with Crippen molar-refractivity contribution in [2.24, 2.45) is 0 Å². The quantitative estimate of drug-likeness (QED) is 0.705. The van der Waals surface area contributed by atoms with E-state index in [4.69, 9.17) is 0 Å². The monoisotopic (exact) mass is 336 g/mol. The highest BCUT2D eigenvalue weighted by Crippen LogP contribution is 2.29. The van der Waals surface area contributed by atoms with Crippen molar-refractivity contribution in [3.8, 4) is 11.3 Å². The van der Waals surface area contributed by atoms with Crippen LogP contribution in [0.15, 0.2) is 41.8 Å². The van der Waals surface area contributed by atoms with Gasteiger partial charge < -0.3 is 0 Å². The highest BCUT2D eigenvalue weighted by molar-refractivity contribution is 7.14. The molecule has 0 atom stereocenters. The number of benzene rings is 2. The van der Waals surface area contributed by atoms with Crippen molar-refractivity contribution in [1.82, 2.24) is 4.98 Å². The highest BCUT2D eigenvalue weighted by atomic mass is 32.1. The average molecular weight is 336 g/mol. The Balaban J connectivity index is 1.84. The molecule has 1 aromatic heterocycles. The van der Waals surface area contributed by atoms with Crippen molar-refractivity contribution in [3.05, 3.63) is 69.6 Å². The Bertz CT molecular complexity index is 912. The summed E-state index contributed by atoms with van der Waals surface area (Å²) in [7, 11) is 0. The van der Waals surface area contributed by atoms with E-state index in [0.29, 0.717) is 10.7 Å². The van der Waals surface area contributed by atoms with Gasteiger partial charge in [0, 0.05) is 16.5 Å². The third kappa shape index (κ3) is 3.39. The normalized spacial score (nSPS) is 10.7. The van der Waals surface area contributed by atoms with Crippen LogP contribution in [0, 0.1) is 27.7 Å². The first-order valence-electron chi connectivity index (χ1n) is 7.86. The summed E-state index contributed by atoms with van der Waals surface area (Å²) in [4.78, 5) is 16.9. The Morgan fingerprint density at radius 2 is 1.75 bits per heavy atom. The maximum atomic E-state index is 12.3. The van der Waals surface area contributed by atoms with Crippen LogP contribution >= 0.6 is 11.3 Å². The number of aromatic nitrogens is 1. The van der Waals surface area contributed by atoms with Gasteiger partial charge in [0.15, 0.2) is 5.13 Å². The number of rotatable bonds is 3. The van der Waals surface area contributed by atoms with Crippen LogP contribution in [0.5, 0.6) is 0 Å². The van der Waals surface area contributed by atoms with Crippen LogP contribution in [-0.4, -0.2) is 10.9 Å². The molecule has 0 fully saturated rings. The summed E-state index contributed by atoms with van der Waals surface area (Å²) in [5, 5.41) is 5.50. The van der Waals surface area contributed by atoms with E-state index in [9.17, 15) is 4.79 Å². The number of hydrogen-bond donors (Lipinski definition) is 1. The van der Waals surface area contributed by atoms with E-state index in [-0.39, 0.29) is 5.91 Å². The number of nitrogens with zero attached hydrogens (tertiary/aromatic N) is 1. The van der Waals surface area contributed by atoms with Gasteiger partial charge in [-0.2, -0.15) is 0 Å². The number of anilines is 1. The first-order valence-corrected chi connectivity index (χ1v) is 8.74. The fourth-order valence-corrected chi connectivity index (χ4v) is 3.35. The van der Waals surface area contributed by atoms with Gasteiger partial charge in [-0.3, -0.25) is 10.1 Å². The largest absolute Gasteiger partial charge is 0.298 e. The lowest BCUT2D eigenvalue weighted by atomic mass is 9.99. The summed E-state index contributed by atoms with van der Waals surface area (Å²) in [6, 6.07) is 11.9. The van der Waals surface area contributed by atoms with Gasteiger partial charge >= 0.3 is 0 Å². The van der Waals surface area contributed by atoms with E-state index in [2.05, 4.69) is 43.2 Å². The molecule has 1 heterocycles. The second-order valence-corrected chi connectivity index (χ2v) is 6.97. The SMILES string of the molecule is Cc1cccc(C(=O)Nc2nc(-c3cc(C)c(C)cc3C)cs2)c1. The molecular weight excluding hydrogens is 316 g/mol. The lowest BCUT2D eigenvalue weighted by Crippen LogP contribution is -2.11. The minimum absolute atomic E-state index is 0.128. The number of hydrogen-bond acceptors (Lipinski definition) is 3. The summed E-state index contributed by atoms with van der Waals surface area (Å²) >= 11 is 1.45. The summed E-state index contributed by atoms with van der Waals surface area (Å²) in [6.07, 6.45) is 0. The van der Waals surface area contributed by atoms with Gasteiger partial charge in [-0.05, 0) is 62.6 Å². The number of thiazole rings is 1. The molecule has 0 unspecified atom stereocenters. The lowest BCUT2D eigenvalue weighted by molar-refractivity contribution is 0.102. The van der Waals surface area contributed by atoms with Crippen molar-refractivity contribution < 1.29 is 4.79 Å². The first-order chi connectivity index (χ1) is 11.4. The minimum Gasteiger partial charge on any atom is -0.298 e. The van der Waals surface area contributed by atoms with Gasteiger partial charge in [-0.25, -0.2) is 4.98 Å². The predicted molar refractivity (Wildman–Crippen MR) is 101 cm³/mol. The van der Waals surface area contributed by atoms with Crippen LogP contribution in [0.3, 0.4) is 0 Å². The molecule has 4 heteroatoms. The zero-order valence-electron chi connectivity index (χ0n) is 14.3. The van der Waals surface area contributed by atoms with Crippen molar-refractivity contribution in [2.45, 2.75) is 27.7 Å². The molecule has 1 N–H and O–H groups in total. The maximum absolute atomic E-state index is 12.3. The van der Waals surface area contributed by atoms with Crippen LogP contribution in [-0.2, 0) is 0 Å². The van der Waals surface area contributed by atoms with Crippen LogP contribution in [0.25, 0.3) is 11.3 Å². The molecule has 1 amide bonds. The van der Waals surface area contributed by atoms with E-state index < -0.39 is 0 Å². The van der Waals surface area contributed by atoms with Gasteiger partial charge in [-0.15, -0.1) is 11.3 Å². The Kier molecular flexibility index (Phi) is 4.49. The molecular formula is C20H20N2OS. The zero-order valence-corrected chi connectivity index (χ0v) is 15.1. The molecule has 0 saturated heterocycles. The van der Waals surface area contributed by atoms with Crippen LogP contribution in [0.2, 0.25) is 0 Å². The van der Waals surface area contributed by atoms with Crippen LogP contribution in [0.1, 0.15) is 32.6 Å². The van der Waals surface area contributed by atoms with E-state index >= 15 is 0 Å². The Morgan fingerprint density at radius 3 is 2.50 bits per heavy atom. The predicted octanol–water partition coefficient (Wildman–Crippen LogP) is 5.30. The van der Waals surface area contributed by atoms with E-state index in [0.717, 1.165) is 16.8 Å². The van der Waals surface area contributed by atoms with Gasteiger partial charge in [0.1, 0.15) is 0 Å². The third-order valence-electron chi connectivity index (χ3n) is 4.12. The van der Waals surface area contributed by atoms with E-state index in [1.165, 1.54) is 28.0 Å². The summed E-state index contributed by atoms with van der Waals surface area (Å²) in [5.74, 6) is -0.128. The molecule has 0 bridgehead atoms. The van der Waals surface area contributed by atoms with Gasteiger partial charge in [-0.1, -0.05) is 23.8 Å². The Labute approximate surface area is 146 Å². The molecule has 0 saturated carbocycles. The topological polar surface area (TPSA) is 42.0 Å². The minimum atomic E-state index is -0.128. The maximum Gasteiger partial charge on any atom is 0.257 e. The average Bonchev–Trinajstić information content (AvgIpc) is 2.99. The van der Waals surface area contributed by atoms with Crippen molar-refractivity contribution in [1.29, 1.82) is 0 Å². The number of carbonyl (C=O) groups is 1. The number of aryl methyl sites for hydroxylation is 4.